The van der Waals surface area contributed by atoms with E-state index in [0.717, 1.165) is 22.4 Å². The number of rotatable bonds is 13. The van der Waals surface area contributed by atoms with Crippen molar-refractivity contribution in [3.63, 3.8) is 0 Å². The molecule has 2 aromatic rings. The predicted molar refractivity (Wildman–Crippen MR) is 229 cm³/mol. The number of aliphatic hydroxyl groups is 3. The molecular weight excluding hydrogens is 797 g/mol. The number of aryl methyl sites for hydroxylation is 1. The number of hydrogen-bond acceptors (Lipinski definition) is 10. The number of Topliss-reactive ketones (excluding diaryl/α,β-unsaturated/α-hetero) is 2. The van der Waals surface area contributed by atoms with Crippen molar-refractivity contribution in [3.8, 4) is 11.1 Å². The predicted octanol–water partition coefficient (Wildman–Crippen LogP) is 3.60. The molecule has 1 aliphatic heterocycles. The minimum atomic E-state index is -1.33. The molecule has 0 aromatic heterocycles. The number of amides is 4. The van der Waals surface area contributed by atoms with E-state index in [4.69, 9.17) is 0 Å². The second-order valence-corrected chi connectivity index (χ2v) is 16.3. The number of carboxylic acids is 1. The molecule has 0 fully saturated rings. The van der Waals surface area contributed by atoms with Crippen LogP contribution in [-0.2, 0) is 35.2 Å². The van der Waals surface area contributed by atoms with Crippen molar-refractivity contribution in [2.24, 2.45) is 11.8 Å². The highest BCUT2D eigenvalue weighted by Crippen LogP contribution is 2.37. The molecule has 4 bridgehead atoms. The third-order valence-corrected chi connectivity index (χ3v) is 12.0. The van der Waals surface area contributed by atoms with Gasteiger partial charge in [-0.05, 0) is 72.2 Å². The van der Waals surface area contributed by atoms with Crippen LogP contribution in [0.3, 0.4) is 0 Å². The maximum Gasteiger partial charge on any atom is 0.326 e. The molecule has 62 heavy (non-hydrogen) atoms. The lowest BCUT2D eigenvalue weighted by atomic mass is 9.78. The van der Waals surface area contributed by atoms with Gasteiger partial charge in [-0.1, -0.05) is 68.5 Å². The van der Waals surface area contributed by atoms with Crippen LogP contribution in [0.5, 0.6) is 0 Å². The number of likely N-dealkylation sites (N-methyl/N-ethyl adjacent to an activating group) is 2. The number of aliphatic hydroxyl groups excluding tert-OH is 3. The summed E-state index contributed by atoms with van der Waals surface area (Å²) in [6.45, 7) is 4.24. The second-order valence-electron chi connectivity index (χ2n) is 16.3. The maximum absolute atomic E-state index is 14.1. The van der Waals surface area contributed by atoms with Gasteiger partial charge in [0.1, 0.15) is 17.8 Å². The van der Waals surface area contributed by atoms with Gasteiger partial charge in [0, 0.05) is 62.8 Å². The number of carboxylic acid groups (broad SMARTS) is 1. The molecule has 2 aliphatic carbocycles. The normalized spacial score (nSPS) is 22.5. The smallest absolute Gasteiger partial charge is 0.326 e. The lowest BCUT2D eigenvalue weighted by molar-refractivity contribution is -0.143. The number of aliphatic carboxylic acids is 1. The van der Waals surface area contributed by atoms with Crippen LogP contribution in [0.1, 0.15) is 75.2 Å². The molecule has 15 heteroatoms. The molecule has 330 valence electrons. The van der Waals surface area contributed by atoms with Crippen molar-refractivity contribution in [2.45, 2.75) is 96.0 Å². The van der Waals surface area contributed by atoms with Gasteiger partial charge in [0.05, 0.1) is 24.8 Å². The Morgan fingerprint density at radius 2 is 1.58 bits per heavy atom. The third kappa shape index (κ3) is 11.0. The number of nitrogens with zero attached hydrogens (tertiary/aromatic N) is 2. The molecule has 15 nitrogen and oxygen atoms in total. The van der Waals surface area contributed by atoms with Crippen LogP contribution in [0, 0.1) is 11.8 Å². The van der Waals surface area contributed by atoms with E-state index >= 15 is 0 Å². The fraction of sp³-hybridized carbons (Fsp3) is 0.426. The zero-order valence-corrected chi connectivity index (χ0v) is 35.7. The average molecular weight is 853 g/mol. The average Bonchev–Trinajstić information content (AvgIpc) is 3.25. The Bertz CT molecular complexity index is 2190. The maximum atomic E-state index is 14.1. The van der Waals surface area contributed by atoms with Crippen LogP contribution in [0.15, 0.2) is 95.3 Å². The molecule has 2 aromatic carbocycles. The molecule has 6 N–H and O–H groups in total. The highest BCUT2D eigenvalue weighted by Gasteiger charge is 2.39. The van der Waals surface area contributed by atoms with Crippen molar-refractivity contribution in [1.82, 2.24) is 20.4 Å². The quantitative estimate of drug-likeness (QED) is 0.171. The zero-order valence-electron chi connectivity index (χ0n) is 35.7. The van der Waals surface area contributed by atoms with Gasteiger partial charge in [0.15, 0.2) is 11.6 Å². The number of ketones is 2. The molecule has 5 rings (SSSR count). The van der Waals surface area contributed by atoms with Gasteiger partial charge in [0.2, 0.25) is 17.7 Å². The topological polar surface area (TPSA) is 231 Å². The lowest BCUT2D eigenvalue weighted by Crippen LogP contribution is -2.53. The van der Waals surface area contributed by atoms with E-state index < -0.39 is 89.9 Å². The van der Waals surface area contributed by atoms with Gasteiger partial charge in [-0.2, -0.15) is 0 Å². The van der Waals surface area contributed by atoms with E-state index in [1.807, 2.05) is 24.3 Å². The Kier molecular flexibility index (Phi) is 15.6. The minimum Gasteiger partial charge on any atom is -0.508 e. The number of carbonyl (C=O) groups excluding carboxylic acids is 6. The van der Waals surface area contributed by atoms with Gasteiger partial charge < -0.3 is 40.9 Å². The summed E-state index contributed by atoms with van der Waals surface area (Å²) in [5.74, 6) is -6.74. The first kappa shape index (κ1) is 46.9. The third-order valence-electron chi connectivity index (χ3n) is 12.0. The molecular formula is C47H56N4O11. The summed E-state index contributed by atoms with van der Waals surface area (Å²) in [6.07, 6.45) is 5.09. The molecule has 3 aliphatic rings. The molecule has 0 saturated heterocycles. The van der Waals surface area contributed by atoms with E-state index in [1.165, 1.54) is 44.5 Å². The lowest BCUT2D eigenvalue weighted by Gasteiger charge is -2.36. The molecule has 0 spiro atoms. The van der Waals surface area contributed by atoms with Crippen LogP contribution >= 0.6 is 0 Å². The van der Waals surface area contributed by atoms with Gasteiger partial charge >= 0.3 is 5.97 Å². The van der Waals surface area contributed by atoms with Gasteiger partial charge in [0.25, 0.3) is 5.91 Å². The number of benzene rings is 2. The summed E-state index contributed by atoms with van der Waals surface area (Å²) in [6, 6.07) is 9.97. The summed E-state index contributed by atoms with van der Waals surface area (Å²) in [4.78, 5) is 95.5. The van der Waals surface area contributed by atoms with Crippen molar-refractivity contribution >= 4 is 41.2 Å². The monoisotopic (exact) mass is 852 g/mol. The van der Waals surface area contributed by atoms with E-state index in [9.17, 15) is 54.0 Å². The van der Waals surface area contributed by atoms with Crippen LogP contribution in [0.2, 0.25) is 0 Å². The Labute approximate surface area is 360 Å². The molecule has 0 radical (unpaired) electrons. The summed E-state index contributed by atoms with van der Waals surface area (Å²) in [5, 5.41) is 47.0. The van der Waals surface area contributed by atoms with Crippen LogP contribution < -0.4 is 10.6 Å². The molecule has 0 saturated carbocycles. The highest BCUT2D eigenvalue weighted by molar-refractivity contribution is 5.99. The van der Waals surface area contributed by atoms with Crippen LogP contribution in [0.4, 0.5) is 0 Å². The number of carbonyl (C=O) groups is 7. The van der Waals surface area contributed by atoms with E-state index in [0.29, 0.717) is 16.7 Å². The largest absolute Gasteiger partial charge is 0.508 e. The number of allylic oxidation sites excluding steroid dienone is 2. The van der Waals surface area contributed by atoms with Crippen molar-refractivity contribution in [2.75, 3.05) is 20.7 Å². The summed E-state index contributed by atoms with van der Waals surface area (Å²) in [5.41, 5.74) is 4.56. The number of hydrogen-bond donors (Lipinski definition) is 6. The van der Waals surface area contributed by atoms with Gasteiger partial charge in [-0.15, -0.1) is 0 Å². The van der Waals surface area contributed by atoms with Gasteiger partial charge in [-0.25, -0.2) is 4.79 Å². The standard InChI is InChI=1S/C47H56N4O11/c1-6-28-7-10-30(11-8-28)31-12-14-32(15-13-31)46(60)50(4)37(25-52)45(59)48-27(3)38(53)19-20-42(57)51(5)43-33-16-18-40(55)35(24-33)34-22-29(9-17-39(34)54)23-36(47(61)62)49-44(58)26(2)21-41(43)56/h7-16,18,22,26-27,33,36-37,39,43,52,54-55H,6,17,19-21,23-25H2,1-5H3,(H,48,59)(H,49,58)(H,61,62)/t26-,27-,33+,36+,37-,39?,43+/m1/s1. The Morgan fingerprint density at radius 1 is 0.935 bits per heavy atom. The van der Waals surface area contributed by atoms with E-state index in [-0.39, 0.29) is 49.8 Å². The molecule has 4 amide bonds. The Hall–Kier alpha value is -6.19. The van der Waals surface area contributed by atoms with Crippen molar-refractivity contribution in [1.29, 1.82) is 0 Å². The second kappa shape index (κ2) is 20.6. The SMILES string of the molecule is CCc1ccc(-c2ccc(C(=O)N(C)[C@H](CO)C(=O)N[C@H](C)C(=O)CCC(=O)N(C)[C@@H]3C(=O)C[C@@H](C)C(=O)N[C@H](C(=O)O)CC4=CCC(O)C(=C4)C4=C(O)C=C[C@H]3C4)cc2)cc1. The highest BCUT2D eigenvalue weighted by atomic mass is 16.4. The first-order chi connectivity index (χ1) is 29.4. The molecule has 1 heterocycles. The summed E-state index contributed by atoms with van der Waals surface area (Å²) in [7, 11) is 2.77. The number of fused-ring (bicyclic) bond motifs is 4. The van der Waals surface area contributed by atoms with E-state index in [1.54, 1.807) is 42.5 Å². The van der Waals surface area contributed by atoms with Crippen molar-refractivity contribution in [3.05, 3.63) is 106 Å². The van der Waals surface area contributed by atoms with E-state index in [2.05, 4.69) is 17.6 Å². The van der Waals surface area contributed by atoms with Crippen molar-refractivity contribution < 1.29 is 54.0 Å². The first-order valence-electron chi connectivity index (χ1n) is 20.8. The van der Waals surface area contributed by atoms with Crippen LogP contribution in [-0.4, -0.2) is 122 Å². The zero-order chi connectivity index (χ0) is 45.4. The Morgan fingerprint density at radius 3 is 2.19 bits per heavy atom. The summed E-state index contributed by atoms with van der Waals surface area (Å²) >= 11 is 0. The first-order valence-corrected chi connectivity index (χ1v) is 20.8. The Balaban J connectivity index is 1.24. The fourth-order valence-corrected chi connectivity index (χ4v) is 8.02. The minimum absolute atomic E-state index is 0.0270. The molecule has 7 atom stereocenters. The molecule has 1 unspecified atom stereocenters. The summed E-state index contributed by atoms with van der Waals surface area (Å²) < 4.78 is 0. The number of nitrogens with one attached hydrogen (secondary N) is 2. The van der Waals surface area contributed by atoms with Crippen LogP contribution in [0.25, 0.3) is 11.1 Å². The van der Waals surface area contributed by atoms with Gasteiger partial charge in [-0.3, -0.25) is 28.8 Å². The fourth-order valence-electron chi connectivity index (χ4n) is 8.02.